The summed E-state index contributed by atoms with van der Waals surface area (Å²) in [6.45, 7) is 4.95. The zero-order valence-electron chi connectivity index (χ0n) is 11.5. The first kappa shape index (κ1) is 14.8. The van der Waals surface area contributed by atoms with Gasteiger partial charge in [-0.15, -0.1) is 0 Å². The predicted octanol–water partition coefficient (Wildman–Crippen LogP) is 2.50. The zero-order chi connectivity index (χ0) is 15.1. The summed E-state index contributed by atoms with van der Waals surface area (Å²) in [6.07, 6.45) is 0.388. The molecule has 0 radical (unpaired) electrons. The fourth-order valence-electron chi connectivity index (χ4n) is 2.32. The van der Waals surface area contributed by atoms with Gasteiger partial charge in [-0.25, -0.2) is 4.39 Å². The van der Waals surface area contributed by atoms with E-state index >= 15 is 0 Å². The van der Waals surface area contributed by atoms with Crippen molar-refractivity contribution >= 4 is 29.1 Å². The molecule has 0 saturated carbocycles. The van der Waals surface area contributed by atoms with E-state index in [1.54, 1.807) is 20.8 Å². The van der Waals surface area contributed by atoms with Gasteiger partial charge in [-0.2, -0.15) is 0 Å². The summed E-state index contributed by atoms with van der Waals surface area (Å²) in [6, 6.07) is 3.23. The molecule has 1 atom stereocenters. The van der Waals surface area contributed by atoms with Gasteiger partial charge in [0.15, 0.2) is 0 Å². The molecular formula is C14H16ClFN2O2. The Balaban J connectivity index is 2.57. The fourth-order valence-corrected chi connectivity index (χ4v) is 2.49. The molecule has 1 saturated heterocycles. The van der Waals surface area contributed by atoms with Crippen molar-refractivity contribution < 1.29 is 14.0 Å². The number of piperazine rings is 1. The molecule has 20 heavy (non-hydrogen) atoms. The van der Waals surface area contributed by atoms with Gasteiger partial charge >= 0.3 is 0 Å². The van der Waals surface area contributed by atoms with Crippen molar-refractivity contribution in [3.8, 4) is 0 Å². The number of hydrogen-bond donors (Lipinski definition) is 1. The van der Waals surface area contributed by atoms with Crippen LogP contribution in [0.4, 0.5) is 10.1 Å². The van der Waals surface area contributed by atoms with Gasteiger partial charge < -0.3 is 5.32 Å². The van der Waals surface area contributed by atoms with Crippen molar-refractivity contribution in [2.24, 2.45) is 0 Å². The highest BCUT2D eigenvalue weighted by Gasteiger charge is 2.45. The molecule has 1 fully saturated rings. The van der Waals surface area contributed by atoms with Gasteiger partial charge in [-0.3, -0.25) is 14.5 Å². The van der Waals surface area contributed by atoms with Gasteiger partial charge in [0, 0.05) is 5.02 Å². The molecule has 0 aliphatic carbocycles. The number of anilines is 1. The summed E-state index contributed by atoms with van der Waals surface area (Å²) in [5.74, 6) is -1.23. The minimum atomic E-state index is -1.07. The SMILES string of the molecule is CCC1C(=O)NC(C)(C)C(=O)N1c1cc(Cl)ccc1F. The van der Waals surface area contributed by atoms with Crippen LogP contribution in [0.1, 0.15) is 27.2 Å². The van der Waals surface area contributed by atoms with E-state index in [1.807, 2.05) is 0 Å². The Morgan fingerprint density at radius 2 is 2.05 bits per heavy atom. The normalized spacial score (nSPS) is 21.9. The molecule has 4 nitrogen and oxygen atoms in total. The summed E-state index contributed by atoms with van der Waals surface area (Å²) >= 11 is 5.88. The Hall–Kier alpha value is -1.62. The third-order valence-corrected chi connectivity index (χ3v) is 3.59. The monoisotopic (exact) mass is 298 g/mol. The summed E-state index contributed by atoms with van der Waals surface area (Å²) in [5, 5.41) is 2.97. The highest BCUT2D eigenvalue weighted by atomic mass is 35.5. The Morgan fingerprint density at radius 3 is 2.65 bits per heavy atom. The van der Waals surface area contributed by atoms with Crippen LogP contribution >= 0.6 is 11.6 Å². The standard InChI is InChI=1S/C14H16ClFN2O2/c1-4-10-12(19)17-14(2,3)13(20)18(10)11-7-8(15)5-6-9(11)16/h5-7,10H,4H2,1-3H3,(H,17,19). The molecule has 1 aliphatic heterocycles. The van der Waals surface area contributed by atoms with Crippen LogP contribution in [0.5, 0.6) is 0 Å². The number of nitrogens with one attached hydrogen (secondary N) is 1. The second kappa shape index (κ2) is 5.05. The molecule has 1 unspecified atom stereocenters. The molecule has 108 valence electrons. The van der Waals surface area contributed by atoms with E-state index in [9.17, 15) is 14.0 Å². The molecule has 1 N–H and O–H groups in total. The lowest BCUT2D eigenvalue weighted by molar-refractivity contribution is -0.137. The van der Waals surface area contributed by atoms with E-state index in [0.29, 0.717) is 11.4 Å². The zero-order valence-corrected chi connectivity index (χ0v) is 12.3. The van der Waals surface area contributed by atoms with Gasteiger partial charge in [-0.1, -0.05) is 18.5 Å². The van der Waals surface area contributed by atoms with Crippen molar-refractivity contribution in [1.82, 2.24) is 5.32 Å². The van der Waals surface area contributed by atoms with Crippen LogP contribution in [0.2, 0.25) is 5.02 Å². The molecule has 0 aromatic heterocycles. The molecular weight excluding hydrogens is 283 g/mol. The highest BCUT2D eigenvalue weighted by Crippen LogP contribution is 2.30. The lowest BCUT2D eigenvalue weighted by atomic mass is 9.95. The Morgan fingerprint density at radius 1 is 1.40 bits per heavy atom. The molecule has 0 spiro atoms. The number of carbonyl (C=O) groups is 2. The van der Waals surface area contributed by atoms with Crippen molar-refractivity contribution in [3.63, 3.8) is 0 Å². The average Bonchev–Trinajstić information content (AvgIpc) is 2.36. The lowest BCUT2D eigenvalue weighted by Gasteiger charge is -2.42. The summed E-state index contributed by atoms with van der Waals surface area (Å²) in [5.41, 5.74) is -1.03. The van der Waals surface area contributed by atoms with Gasteiger partial charge in [0.25, 0.3) is 5.91 Å². The van der Waals surface area contributed by atoms with Crippen LogP contribution in [-0.2, 0) is 9.59 Å². The minimum Gasteiger partial charge on any atom is -0.340 e. The number of hydrogen-bond acceptors (Lipinski definition) is 2. The van der Waals surface area contributed by atoms with Gasteiger partial charge in [0.05, 0.1) is 5.69 Å². The summed E-state index contributed by atoms with van der Waals surface area (Å²) < 4.78 is 14.0. The quantitative estimate of drug-likeness (QED) is 0.912. The number of rotatable bonds is 2. The molecule has 2 rings (SSSR count). The number of amides is 2. The van der Waals surface area contributed by atoms with Crippen LogP contribution in [0.25, 0.3) is 0 Å². The lowest BCUT2D eigenvalue weighted by Crippen LogP contribution is -2.68. The van der Waals surface area contributed by atoms with Crippen molar-refractivity contribution in [3.05, 3.63) is 29.0 Å². The van der Waals surface area contributed by atoms with E-state index in [2.05, 4.69) is 5.32 Å². The van der Waals surface area contributed by atoms with E-state index in [1.165, 1.54) is 23.1 Å². The first-order valence-electron chi connectivity index (χ1n) is 6.38. The molecule has 2 amide bonds. The second-order valence-electron chi connectivity index (χ2n) is 5.31. The molecule has 1 heterocycles. The number of nitrogens with zero attached hydrogens (tertiary/aromatic N) is 1. The smallest absolute Gasteiger partial charge is 0.252 e. The topological polar surface area (TPSA) is 49.4 Å². The van der Waals surface area contributed by atoms with Crippen LogP contribution in [0, 0.1) is 5.82 Å². The van der Waals surface area contributed by atoms with E-state index in [0.717, 1.165) is 0 Å². The maximum atomic E-state index is 14.0. The van der Waals surface area contributed by atoms with Gasteiger partial charge in [-0.05, 0) is 38.5 Å². The maximum absolute atomic E-state index is 14.0. The Kier molecular flexibility index (Phi) is 3.73. The van der Waals surface area contributed by atoms with E-state index in [4.69, 9.17) is 11.6 Å². The van der Waals surface area contributed by atoms with Crippen molar-refractivity contribution in [2.75, 3.05) is 4.90 Å². The molecule has 1 aromatic rings. The van der Waals surface area contributed by atoms with Crippen molar-refractivity contribution in [2.45, 2.75) is 38.8 Å². The van der Waals surface area contributed by atoms with Crippen molar-refractivity contribution in [1.29, 1.82) is 0 Å². The minimum absolute atomic E-state index is 0.0391. The highest BCUT2D eigenvalue weighted by molar-refractivity contribution is 6.31. The average molecular weight is 299 g/mol. The van der Waals surface area contributed by atoms with Gasteiger partial charge in [0.1, 0.15) is 17.4 Å². The summed E-state index contributed by atoms with van der Waals surface area (Å²) in [4.78, 5) is 25.8. The van der Waals surface area contributed by atoms with Gasteiger partial charge in [0.2, 0.25) is 5.91 Å². The number of halogens is 2. The van der Waals surface area contributed by atoms with E-state index in [-0.39, 0.29) is 17.5 Å². The van der Waals surface area contributed by atoms with Crippen LogP contribution < -0.4 is 10.2 Å². The Bertz CT molecular complexity index is 574. The number of benzene rings is 1. The third-order valence-electron chi connectivity index (χ3n) is 3.36. The first-order chi connectivity index (χ1) is 9.27. The molecule has 0 bridgehead atoms. The number of carbonyl (C=O) groups excluding carboxylic acids is 2. The molecule has 6 heteroatoms. The predicted molar refractivity (Wildman–Crippen MR) is 75.2 cm³/mol. The summed E-state index contributed by atoms with van der Waals surface area (Å²) in [7, 11) is 0. The first-order valence-corrected chi connectivity index (χ1v) is 6.76. The Labute approximate surface area is 121 Å². The van der Waals surface area contributed by atoms with Crippen LogP contribution in [0.3, 0.4) is 0 Å². The molecule has 1 aromatic carbocycles. The fraction of sp³-hybridized carbons (Fsp3) is 0.429. The van der Waals surface area contributed by atoms with E-state index < -0.39 is 17.4 Å². The van der Waals surface area contributed by atoms with Crippen LogP contribution in [0.15, 0.2) is 18.2 Å². The third kappa shape index (κ3) is 2.38. The second-order valence-corrected chi connectivity index (χ2v) is 5.75. The maximum Gasteiger partial charge on any atom is 0.252 e. The van der Waals surface area contributed by atoms with Crippen LogP contribution in [-0.4, -0.2) is 23.4 Å². The molecule has 1 aliphatic rings. The largest absolute Gasteiger partial charge is 0.340 e.